The van der Waals surface area contributed by atoms with Gasteiger partial charge in [0.05, 0.1) is 6.10 Å². The molecule has 0 spiro atoms. The number of benzene rings is 2. The summed E-state index contributed by atoms with van der Waals surface area (Å²) in [5.74, 6) is -0.00601. The highest BCUT2D eigenvalue weighted by molar-refractivity contribution is 5.86. The van der Waals surface area contributed by atoms with Gasteiger partial charge in [-0.3, -0.25) is 4.79 Å². The largest absolute Gasteiger partial charge is 0.392 e. The van der Waals surface area contributed by atoms with Crippen LogP contribution in [0.15, 0.2) is 42.5 Å². The van der Waals surface area contributed by atoms with E-state index in [2.05, 4.69) is 35.6 Å². The summed E-state index contributed by atoms with van der Waals surface area (Å²) in [6, 6.07) is 14.3. The van der Waals surface area contributed by atoms with E-state index in [0.717, 1.165) is 12.8 Å². The summed E-state index contributed by atoms with van der Waals surface area (Å²) in [5.41, 5.74) is 7.11. The lowest BCUT2D eigenvalue weighted by Crippen LogP contribution is -2.45. The van der Waals surface area contributed by atoms with Crippen molar-refractivity contribution in [1.29, 1.82) is 0 Å². The van der Waals surface area contributed by atoms with Gasteiger partial charge < -0.3 is 16.2 Å². The van der Waals surface area contributed by atoms with Gasteiger partial charge in [-0.05, 0) is 42.0 Å². The lowest BCUT2D eigenvalue weighted by Gasteiger charge is -2.30. The minimum absolute atomic E-state index is 0. The van der Waals surface area contributed by atoms with E-state index in [4.69, 9.17) is 5.73 Å². The predicted octanol–water partition coefficient (Wildman–Crippen LogP) is 2.41. The van der Waals surface area contributed by atoms with Crippen LogP contribution in [0.1, 0.15) is 24.8 Å². The van der Waals surface area contributed by atoms with Crippen molar-refractivity contribution in [3.63, 3.8) is 0 Å². The Kier molecular flexibility index (Phi) is 6.60. The molecule has 2 aromatic rings. The van der Waals surface area contributed by atoms with Crippen molar-refractivity contribution >= 4 is 29.1 Å². The molecule has 0 aromatic heterocycles. The molecule has 0 bridgehead atoms. The fourth-order valence-corrected chi connectivity index (χ4v) is 3.40. The van der Waals surface area contributed by atoms with Crippen molar-refractivity contribution in [2.24, 2.45) is 11.7 Å². The lowest BCUT2D eigenvalue weighted by molar-refractivity contribution is -0.126. The molecule has 3 atom stereocenters. The second-order valence-electron chi connectivity index (χ2n) is 6.42. The van der Waals surface area contributed by atoms with E-state index in [-0.39, 0.29) is 30.3 Å². The van der Waals surface area contributed by atoms with Crippen LogP contribution >= 0.6 is 12.4 Å². The van der Waals surface area contributed by atoms with E-state index >= 15 is 0 Å². The van der Waals surface area contributed by atoms with Crippen LogP contribution in [0.3, 0.4) is 0 Å². The molecule has 3 rings (SSSR count). The maximum Gasteiger partial charge on any atom is 0.223 e. The average molecular weight is 349 g/mol. The van der Waals surface area contributed by atoms with Crippen LogP contribution in [0, 0.1) is 5.92 Å². The molecular formula is C19H25ClN2O2. The topological polar surface area (TPSA) is 75.4 Å². The van der Waals surface area contributed by atoms with Gasteiger partial charge in [-0.1, -0.05) is 42.5 Å². The van der Waals surface area contributed by atoms with Gasteiger partial charge in [-0.15, -0.1) is 12.4 Å². The van der Waals surface area contributed by atoms with E-state index in [0.29, 0.717) is 19.4 Å². The molecule has 1 aliphatic rings. The van der Waals surface area contributed by atoms with Crippen LogP contribution in [0.5, 0.6) is 0 Å². The highest BCUT2D eigenvalue weighted by Crippen LogP contribution is 2.24. The van der Waals surface area contributed by atoms with Crippen LogP contribution in [0.4, 0.5) is 0 Å². The Balaban J connectivity index is 0.00000208. The van der Waals surface area contributed by atoms with Crippen LogP contribution in [-0.2, 0) is 11.2 Å². The lowest BCUT2D eigenvalue weighted by atomic mass is 9.83. The first kappa shape index (κ1) is 18.7. The second-order valence-corrected chi connectivity index (χ2v) is 6.42. The number of rotatable bonds is 4. The van der Waals surface area contributed by atoms with Gasteiger partial charge in [-0.25, -0.2) is 0 Å². The molecule has 1 amide bonds. The molecule has 5 heteroatoms. The Morgan fingerprint density at radius 2 is 1.92 bits per heavy atom. The standard InChI is InChI=1S/C19H24N2O2.ClH/c20-17-12-15(8-9-18(17)22)19(23)21-11-10-14-6-3-5-13-4-1-2-7-16(13)14;/h1-7,15,17-18,22H,8-12,20H2,(H,21,23);1H/t15-,17+,18+;/m0./s1. The molecule has 2 aromatic carbocycles. The maximum atomic E-state index is 12.3. The number of aliphatic hydroxyl groups is 1. The Labute approximate surface area is 148 Å². The molecule has 4 N–H and O–H groups in total. The molecule has 130 valence electrons. The Hall–Kier alpha value is -1.62. The van der Waals surface area contributed by atoms with Crippen molar-refractivity contribution < 1.29 is 9.90 Å². The summed E-state index contributed by atoms with van der Waals surface area (Å²) < 4.78 is 0. The molecule has 24 heavy (non-hydrogen) atoms. The number of hydrogen-bond acceptors (Lipinski definition) is 3. The third-order valence-corrected chi connectivity index (χ3v) is 4.81. The molecule has 0 unspecified atom stereocenters. The Morgan fingerprint density at radius 3 is 2.71 bits per heavy atom. The monoisotopic (exact) mass is 348 g/mol. The molecule has 1 saturated carbocycles. The van der Waals surface area contributed by atoms with Crippen LogP contribution < -0.4 is 11.1 Å². The van der Waals surface area contributed by atoms with Crippen molar-refractivity contribution in [1.82, 2.24) is 5.32 Å². The smallest absolute Gasteiger partial charge is 0.223 e. The molecule has 0 radical (unpaired) electrons. The van der Waals surface area contributed by atoms with E-state index in [1.807, 2.05) is 12.1 Å². The Bertz CT molecular complexity index is 687. The first-order valence-electron chi connectivity index (χ1n) is 8.33. The zero-order valence-corrected chi connectivity index (χ0v) is 14.5. The number of nitrogens with one attached hydrogen (secondary N) is 1. The fourth-order valence-electron chi connectivity index (χ4n) is 3.40. The fraction of sp³-hybridized carbons (Fsp3) is 0.421. The Morgan fingerprint density at radius 1 is 1.17 bits per heavy atom. The first-order chi connectivity index (χ1) is 11.1. The first-order valence-corrected chi connectivity index (χ1v) is 8.33. The zero-order chi connectivity index (χ0) is 16.2. The van der Waals surface area contributed by atoms with Gasteiger partial charge in [0.2, 0.25) is 5.91 Å². The predicted molar refractivity (Wildman–Crippen MR) is 99.2 cm³/mol. The van der Waals surface area contributed by atoms with Crippen molar-refractivity contribution in [2.45, 2.75) is 37.8 Å². The summed E-state index contributed by atoms with van der Waals surface area (Å²) >= 11 is 0. The van der Waals surface area contributed by atoms with Crippen molar-refractivity contribution in [3.8, 4) is 0 Å². The summed E-state index contributed by atoms with van der Waals surface area (Å²) in [6.45, 7) is 0.626. The average Bonchev–Trinajstić information content (AvgIpc) is 2.57. The van der Waals surface area contributed by atoms with Gasteiger partial charge in [0, 0.05) is 18.5 Å². The molecular weight excluding hydrogens is 324 g/mol. The summed E-state index contributed by atoms with van der Waals surface area (Å²) in [4.78, 5) is 12.3. The number of carbonyl (C=O) groups excluding carboxylic acids is 1. The van der Waals surface area contributed by atoms with Crippen LogP contribution in [-0.4, -0.2) is 29.7 Å². The van der Waals surface area contributed by atoms with E-state index in [9.17, 15) is 9.90 Å². The van der Waals surface area contributed by atoms with Crippen LogP contribution in [0.25, 0.3) is 10.8 Å². The zero-order valence-electron chi connectivity index (χ0n) is 13.7. The highest BCUT2D eigenvalue weighted by Gasteiger charge is 2.30. The number of fused-ring (bicyclic) bond motifs is 1. The van der Waals surface area contributed by atoms with Crippen molar-refractivity contribution in [2.75, 3.05) is 6.54 Å². The van der Waals surface area contributed by atoms with Crippen molar-refractivity contribution in [3.05, 3.63) is 48.0 Å². The number of carbonyl (C=O) groups is 1. The minimum Gasteiger partial charge on any atom is -0.392 e. The van der Waals surface area contributed by atoms with Gasteiger partial charge in [0.15, 0.2) is 0 Å². The SMILES string of the molecule is Cl.N[C@@H]1C[C@@H](C(=O)NCCc2cccc3ccccc23)CC[C@H]1O. The molecule has 1 fully saturated rings. The molecule has 0 saturated heterocycles. The summed E-state index contributed by atoms with van der Waals surface area (Å²) in [6.07, 6.45) is 2.25. The number of amides is 1. The summed E-state index contributed by atoms with van der Waals surface area (Å²) in [7, 11) is 0. The van der Waals surface area contributed by atoms with E-state index in [1.165, 1.54) is 16.3 Å². The van der Waals surface area contributed by atoms with Gasteiger partial charge in [0.25, 0.3) is 0 Å². The minimum atomic E-state index is -0.463. The highest BCUT2D eigenvalue weighted by atomic mass is 35.5. The van der Waals surface area contributed by atoms with Gasteiger partial charge in [-0.2, -0.15) is 0 Å². The number of nitrogens with two attached hydrogens (primary N) is 1. The molecule has 4 nitrogen and oxygen atoms in total. The van der Waals surface area contributed by atoms with E-state index < -0.39 is 6.10 Å². The third-order valence-electron chi connectivity index (χ3n) is 4.81. The third kappa shape index (κ3) is 4.26. The molecule has 0 heterocycles. The molecule has 1 aliphatic carbocycles. The van der Waals surface area contributed by atoms with Gasteiger partial charge >= 0.3 is 0 Å². The normalized spacial score (nSPS) is 23.5. The number of aliphatic hydroxyl groups excluding tert-OH is 1. The van der Waals surface area contributed by atoms with Crippen LogP contribution in [0.2, 0.25) is 0 Å². The van der Waals surface area contributed by atoms with E-state index in [1.54, 1.807) is 0 Å². The quantitative estimate of drug-likeness (QED) is 0.794. The summed E-state index contributed by atoms with van der Waals surface area (Å²) in [5, 5.41) is 15.1. The second kappa shape index (κ2) is 8.47. The molecule has 0 aliphatic heterocycles. The maximum absolute atomic E-state index is 12.3. The number of halogens is 1. The number of hydrogen-bond donors (Lipinski definition) is 3. The van der Waals surface area contributed by atoms with Gasteiger partial charge in [0.1, 0.15) is 0 Å².